The van der Waals surface area contributed by atoms with Crippen LogP contribution in [0.25, 0.3) is 12.2 Å². The van der Waals surface area contributed by atoms with Crippen molar-refractivity contribution >= 4 is 12.2 Å². The first-order valence-corrected chi connectivity index (χ1v) is 7.74. The van der Waals surface area contributed by atoms with Crippen LogP contribution in [0.2, 0.25) is 0 Å². The van der Waals surface area contributed by atoms with Crippen molar-refractivity contribution in [1.82, 2.24) is 0 Å². The van der Waals surface area contributed by atoms with E-state index in [1.807, 2.05) is 42.5 Å². The highest BCUT2D eigenvalue weighted by atomic mass is 16.5. The predicted octanol–water partition coefficient (Wildman–Crippen LogP) is 5.93. The zero-order valence-corrected chi connectivity index (χ0v) is 14.3. The van der Waals surface area contributed by atoms with Crippen LogP contribution < -0.4 is 4.74 Å². The monoisotopic (exact) mass is 310 g/mol. The van der Waals surface area contributed by atoms with Gasteiger partial charge in [0, 0.05) is 5.56 Å². The van der Waals surface area contributed by atoms with Gasteiger partial charge in [-0.1, -0.05) is 62.6 Å². The highest BCUT2D eigenvalue weighted by Gasteiger charge is 2.16. The van der Waals surface area contributed by atoms with E-state index in [0.717, 1.165) is 23.3 Å². The fraction of sp³-hybridized carbons (Fsp3) is 0.238. The van der Waals surface area contributed by atoms with Crippen molar-refractivity contribution in [3.63, 3.8) is 0 Å². The molecular weight excluding hydrogens is 284 g/mol. The van der Waals surface area contributed by atoms with Crippen LogP contribution in [0.4, 0.5) is 0 Å². The first kappa shape index (κ1) is 18.6. The summed E-state index contributed by atoms with van der Waals surface area (Å²) >= 11 is 0. The van der Waals surface area contributed by atoms with Crippen LogP contribution in [0.5, 0.6) is 11.5 Å². The summed E-state index contributed by atoms with van der Waals surface area (Å²) in [6.07, 6.45) is 4.44. The van der Waals surface area contributed by atoms with Crippen LogP contribution >= 0.6 is 0 Å². The van der Waals surface area contributed by atoms with E-state index < -0.39 is 0 Å². The molecule has 0 saturated carbocycles. The summed E-state index contributed by atoms with van der Waals surface area (Å²) in [5.41, 5.74) is 1.81. The summed E-state index contributed by atoms with van der Waals surface area (Å²) in [4.78, 5) is 0. The molecule has 2 aromatic rings. The lowest BCUT2D eigenvalue weighted by Crippen LogP contribution is -2.26. The Morgan fingerprint density at radius 3 is 2.04 bits per heavy atom. The second kappa shape index (κ2) is 8.84. The molecule has 2 heteroatoms. The van der Waals surface area contributed by atoms with Crippen molar-refractivity contribution in [2.24, 2.45) is 0 Å². The Balaban J connectivity index is 0.000000253. The zero-order valence-electron chi connectivity index (χ0n) is 14.3. The lowest BCUT2D eigenvalue weighted by Gasteiger charge is -2.24. The molecule has 0 fully saturated rings. The average molecular weight is 310 g/mol. The van der Waals surface area contributed by atoms with Crippen molar-refractivity contribution in [2.45, 2.75) is 32.8 Å². The van der Waals surface area contributed by atoms with E-state index in [0.29, 0.717) is 0 Å². The molecule has 1 N–H and O–H groups in total. The summed E-state index contributed by atoms with van der Waals surface area (Å²) in [6, 6.07) is 15.1. The number of phenolic OH excluding ortho intramolecular Hbond substituents is 1. The smallest absolute Gasteiger partial charge is 0.122 e. The number of phenols is 1. The Morgan fingerprint density at radius 1 is 1.00 bits per heavy atom. The standard InChI is InChI=1S/C13H18O.C8H8O/c1-5-11-7-9-12(10-8-11)14-13(3,4)6-2;1-2-7-5-3-4-6-8(7)9/h5,7-10H,1,6H2,2-4H3;2-6,9H,1H2. The quantitative estimate of drug-likeness (QED) is 0.741. The van der Waals surface area contributed by atoms with Gasteiger partial charge in [-0.15, -0.1) is 0 Å². The van der Waals surface area contributed by atoms with Crippen molar-refractivity contribution in [1.29, 1.82) is 0 Å². The second-order valence-corrected chi connectivity index (χ2v) is 5.75. The SMILES string of the molecule is C=Cc1ccc(OC(C)(C)CC)cc1.C=Cc1ccccc1O. The van der Waals surface area contributed by atoms with Crippen LogP contribution in [-0.4, -0.2) is 10.7 Å². The molecule has 0 saturated heterocycles. The molecule has 0 aliphatic rings. The van der Waals surface area contributed by atoms with E-state index >= 15 is 0 Å². The van der Waals surface area contributed by atoms with Gasteiger partial charge in [0.05, 0.1) is 0 Å². The molecule has 2 aromatic carbocycles. The number of benzene rings is 2. The summed E-state index contributed by atoms with van der Waals surface area (Å²) in [6.45, 7) is 13.5. The molecule has 0 bridgehead atoms. The van der Waals surface area contributed by atoms with E-state index in [1.54, 1.807) is 18.2 Å². The highest BCUT2D eigenvalue weighted by molar-refractivity contribution is 5.54. The van der Waals surface area contributed by atoms with Crippen LogP contribution in [0.15, 0.2) is 61.7 Å². The molecule has 0 amide bonds. The third kappa shape index (κ3) is 6.43. The maximum atomic E-state index is 9.04. The van der Waals surface area contributed by atoms with Crippen LogP contribution in [-0.2, 0) is 0 Å². The van der Waals surface area contributed by atoms with Gasteiger partial charge in [-0.05, 0) is 44.0 Å². The van der Waals surface area contributed by atoms with Gasteiger partial charge in [0.25, 0.3) is 0 Å². The molecule has 0 radical (unpaired) electrons. The van der Waals surface area contributed by atoms with Gasteiger partial charge in [0.1, 0.15) is 17.1 Å². The average Bonchev–Trinajstić information content (AvgIpc) is 2.56. The normalized spacial score (nSPS) is 10.2. The van der Waals surface area contributed by atoms with Crippen LogP contribution in [0.1, 0.15) is 38.3 Å². The summed E-state index contributed by atoms with van der Waals surface area (Å²) < 4.78 is 5.82. The zero-order chi connectivity index (χ0) is 17.3. The topological polar surface area (TPSA) is 29.5 Å². The molecule has 0 aliphatic heterocycles. The number of hydrogen-bond acceptors (Lipinski definition) is 2. The fourth-order valence-electron chi connectivity index (χ4n) is 1.72. The molecule has 0 atom stereocenters. The number of rotatable bonds is 5. The second-order valence-electron chi connectivity index (χ2n) is 5.75. The molecule has 23 heavy (non-hydrogen) atoms. The van der Waals surface area contributed by atoms with Gasteiger partial charge in [0.15, 0.2) is 0 Å². The largest absolute Gasteiger partial charge is 0.507 e. The fourth-order valence-corrected chi connectivity index (χ4v) is 1.72. The lowest BCUT2D eigenvalue weighted by molar-refractivity contribution is 0.105. The highest BCUT2D eigenvalue weighted by Crippen LogP contribution is 2.21. The van der Waals surface area contributed by atoms with Crippen molar-refractivity contribution in [2.75, 3.05) is 0 Å². The molecule has 0 spiro atoms. The van der Waals surface area contributed by atoms with Gasteiger partial charge >= 0.3 is 0 Å². The molecular formula is C21H26O2. The lowest BCUT2D eigenvalue weighted by atomic mass is 10.1. The minimum Gasteiger partial charge on any atom is -0.507 e. The Kier molecular flexibility index (Phi) is 7.14. The van der Waals surface area contributed by atoms with Gasteiger partial charge in [0.2, 0.25) is 0 Å². The molecule has 2 rings (SSSR count). The molecule has 0 aromatic heterocycles. The maximum absolute atomic E-state index is 9.04. The van der Waals surface area contributed by atoms with Gasteiger partial charge in [-0.25, -0.2) is 0 Å². The van der Waals surface area contributed by atoms with Gasteiger partial charge in [-0.3, -0.25) is 0 Å². The Morgan fingerprint density at radius 2 is 1.61 bits per heavy atom. The van der Waals surface area contributed by atoms with E-state index in [1.165, 1.54) is 0 Å². The minimum absolute atomic E-state index is 0.0876. The van der Waals surface area contributed by atoms with Crippen molar-refractivity contribution in [3.05, 3.63) is 72.8 Å². The predicted molar refractivity (Wildman–Crippen MR) is 99.7 cm³/mol. The number of aromatic hydroxyl groups is 1. The maximum Gasteiger partial charge on any atom is 0.122 e. The van der Waals surface area contributed by atoms with Gasteiger partial charge < -0.3 is 9.84 Å². The summed E-state index contributed by atoms with van der Waals surface area (Å²) in [5.74, 6) is 1.20. The summed E-state index contributed by atoms with van der Waals surface area (Å²) in [5, 5.41) is 9.04. The van der Waals surface area contributed by atoms with E-state index in [-0.39, 0.29) is 11.4 Å². The summed E-state index contributed by atoms with van der Waals surface area (Å²) in [7, 11) is 0. The number of para-hydroxylation sites is 1. The molecule has 2 nitrogen and oxygen atoms in total. The molecule has 122 valence electrons. The number of hydrogen-bond donors (Lipinski definition) is 1. The van der Waals surface area contributed by atoms with Crippen molar-refractivity contribution in [3.8, 4) is 11.5 Å². The Bertz CT molecular complexity index is 625. The van der Waals surface area contributed by atoms with E-state index in [9.17, 15) is 0 Å². The van der Waals surface area contributed by atoms with Crippen LogP contribution in [0.3, 0.4) is 0 Å². The van der Waals surface area contributed by atoms with E-state index in [2.05, 4.69) is 33.9 Å². The van der Waals surface area contributed by atoms with Crippen molar-refractivity contribution < 1.29 is 9.84 Å². The third-order valence-electron chi connectivity index (χ3n) is 3.52. The van der Waals surface area contributed by atoms with Crippen LogP contribution in [0, 0.1) is 0 Å². The minimum atomic E-state index is -0.0876. The molecule has 0 unspecified atom stereocenters. The van der Waals surface area contributed by atoms with E-state index in [4.69, 9.17) is 9.84 Å². The Labute approximate surface area is 139 Å². The number of ether oxygens (including phenoxy) is 1. The first-order valence-electron chi connectivity index (χ1n) is 7.74. The van der Waals surface area contributed by atoms with Gasteiger partial charge in [-0.2, -0.15) is 0 Å². The third-order valence-corrected chi connectivity index (χ3v) is 3.52. The Hall–Kier alpha value is -2.48. The first-order chi connectivity index (χ1) is 10.9. The molecule has 0 aliphatic carbocycles. The molecule has 0 heterocycles.